The third-order valence-electron chi connectivity index (χ3n) is 5.13. The van der Waals surface area contributed by atoms with E-state index in [-0.39, 0.29) is 11.9 Å². The molecular formula is C24H24N4O2. The summed E-state index contributed by atoms with van der Waals surface area (Å²) in [5.41, 5.74) is 3.62. The van der Waals surface area contributed by atoms with Crippen molar-refractivity contribution in [3.05, 3.63) is 78.6 Å². The van der Waals surface area contributed by atoms with Crippen LogP contribution >= 0.6 is 0 Å². The number of pyridine rings is 2. The summed E-state index contributed by atoms with van der Waals surface area (Å²) >= 11 is 0. The Bertz CT molecular complexity index is 1150. The number of nitrogens with one attached hydrogen (secondary N) is 1. The van der Waals surface area contributed by atoms with Gasteiger partial charge in [-0.25, -0.2) is 4.98 Å². The fourth-order valence-electron chi connectivity index (χ4n) is 3.67. The molecule has 0 fully saturated rings. The molecule has 6 nitrogen and oxygen atoms in total. The molecule has 3 heterocycles. The predicted octanol–water partition coefficient (Wildman–Crippen LogP) is 4.37. The molecule has 4 aromatic rings. The van der Waals surface area contributed by atoms with Gasteiger partial charge < -0.3 is 14.6 Å². The van der Waals surface area contributed by atoms with Crippen molar-refractivity contribution in [2.45, 2.75) is 25.9 Å². The first-order valence-corrected chi connectivity index (χ1v) is 9.95. The van der Waals surface area contributed by atoms with Gasteiger partial charge in [-0.3, -0.25) is 9.78 Å². The van der Waals surface area contributed by atoms with E-state index in [0.717, 1.165) is 33.7 Å². The van der Waals surface area contributed by atoms with Crippen LogP contribution in [0.5, 0.6) is 5.75 Å². The lowest BCUT2D eigenvalue weighted by molar-refractivity contribution is -0.121. The number of benzene rings is 1. The van der Waals surface area contributed by atoms with Crippen molar-refractivity contribution in [3.8, 4) is 17.1 Å². The van der Waals surface area contributed by atoms with Crippen LogP contribution in [0.15, 0.2) is 73.1 Å². The van der Waals surface area contributed by atoms with Gasteiger partial charge in [0.2, 0.25) is 5.91 Å². The Kier molecular flexibility index (Phi) is 5.75. The lowest BCUT2D eigenvalue weighted by atomic mass is 10.1. The number of rotatable bonds is 7. The Morgan fingerprint density at radius 3 is 2.67 bits per heavy atom. The molecule has 4 rings (SSSR count). The standard InChI is InChI=1S/C24H24N4O2/c1-17(19-9-3-4-11-22(19)30-2)27-23(29)12-15-28-21(20-10-5-6-13-25-20)16-18-8-7-14-26-24(18)28/h3-11,13-14,16-17H,12,15H2,1-2H3,(H,27,29)/t17-/m1/s1. The minimum Gasteiger partial charge on any atom is -0.496 e. The molecule has 0 bridgehead atoms. The van der Waals surface area contributed by atoms with Crippen LogP contribution in [-0.2, 0) is 11.3 Å². The van der Waals surface area contributed by atoms with Crippen molar-refractivity contribution < 1.29 is 9.53 Å². The fraction of sp³-hybridized carbons (Fsp3) is 0.208. The summed E-state index contributed by atoms with van der Waals surface area (Å²) in [6.07, 6.45) is 3.87. The monoisotopic (exact) mass is 400 g/mol. The van der Waals surface area contributed by atoms with E-state index in [2.05, 4.69) is 25.9 Å². The van der Waals surface area contributed by atoms with E-state index in [4.69, 9.17) is 4.74 Å². The number of para-hydroxylation sites is 1. The molecule has 1 N–H and O–H groups in total. The highest BCUT2D eigenvalue weighted by atomic mass is 16.5. The predicted molar refractivity (Wildman–Crippen MR) is 117 cm³/mol. The van der Waals surface area contributed by atoms with Crippen LogP contribution in [-0.4, -0.2) is 27.6 Å². The second-order valence-corrected chi connectivity index (χ2v) is 7.09. The number of aromatic nitrogens is 3. The normalized spacial score (nSPS) is 11.9. The molecule has 0 aliphatic carbocycles. The van der Waals surface area contributed by atoms with Crippen LogP contribution in [0.3, 0.4) is 0 Å². The van der Waals surface area contributed by atoms with Crippen LogP contribution in [0.4, 0.5) is 0 Å². The van der Waals surface area contributed by atoms with E-state index in [9.17, 15) is 4.79 Å². The van der Waals surface area contributed by atoms with Gasteiger partial charge in [0, 0.05) is 36.3 Å². The minimum atomic E-state index is -0.150. The molecule has 3 aromatic heterocycles. The molecule has 0 unspecified atom stereocenters. The van der Waals surface area contributed by atoms with Crippen molar-refractivity contribution in [3.63, 3.8) is 0 Å². The molecule has 6 heteroatoms. The van der Waals surface area contributed by atoms with Crippen molar-refractivity contribution in [1.82, 2.24) is 19.9 Å². The van der Waals surface area contributed by atoms with Gasteiger partial charge in [-0.1, -0.05) is 24.3 Å². The number of hydrogen-bond donors (Lipinski definition) is 1. The number of carbonyl (C=O) groups is 1. The van der Waals surface area contributed by atoms with Gasteiger partial charge in [-0.2, -0.15) is 0 Å². The van der Waals surface area contributed by atoms with Crippen molar-refractivity contribution in [2.75, 3.05) is 7.11 Å². The zero-order chi connectivity index (χ0) is 20.9. The average Bonchev–Trinajstić information content (AvgIpc) is 3.17. The lowest BCUT2D eigenvalue weighted by Crippen LogP contribution is -2.27. The molecule has 0 saturated carbocycles. The summed E-state index contributed by atoms with van der Waals surface area (Å²) in [4.78, 5) is 21.7. The van der Waals surface area contributed by atoms with Crippen LogP contribution in [0.1, 0.15) is 24.9 Å². The van der Waals surface area contributed by atoms with Crippen LogP contribution in [0.2, 0.25) is 0 Å². The smallest absolute Gasteiger partial charge is 0.222 e. The SMILES string of the molecule is COc1ccccc1[C@@H](C)NC(=O)CCn1c(-c2ccccn2)cc2cccnc21. The molecule has 30 heavy (non-hydrogen) atoms. The highest BCUT2D eigenvalue weighted by Gasteiger charge is 2.16. The molecule has 0 aliphatic heterocycles. The second kappa shape index (κ2) is 8.78. The first kappa shape index (κ1) is 19.6. The summed E-state index contributed by atoms with van der Waals surface area (Å²) in [6, 6.07) is 19.4. The molecule has 0 aliphatic rings. The van der Waals surface area contributed by atoms with E-state index in [0.29, 0.717) is 13.0 Å². The number of aryl methyl sites for hydroxylation is 1. The topological polar surface area (TPSA) is 69.0 Å². The summed E-state index contributed by atoms with van der Waals surface area (Å²) in [5.74, 6) is 0.737. The largest absolute Gasteiger partial charge is 0.496 e. The summed E-state index contributed by atoms with van der Waals surface area (Å²) in [7, 11) is 1.64. The molecule has 1 aromatic carbocycles. The number of nitrogens with zero attached hydrogens (tertiary/aromatic N) is 3. The minimum absolute atomic E-state index is 0.0295. The van der Waals surface area contributed by atoms with Gasteiger partial charge >= 0.3 is 0 Å². The maximum absolute atomic E-state index is 12.7. The fourth-order valence-corrected chi connectivity index (χ4v) is 3.67. The number of carbonyl (C=O) groups excluding carboxylic acids is 1. The van der Waals surface area contributed by atoms with Gasteiger partial charge in [0.25, 0.3) is 0 Å². The van der Waals surface area contributed by atoms with Gasteiger partial charge in [0.15, 0.2) is 0 Å². The van der Waals surface area contributed by atoms with E-state index >= 15 is 0 Å². The first-order valence-electron chi connectivity index (χ1n) is 9.95. The number of amides is 1. The highest BCUT2D eigenvalue weighted by Crippen LogP contribution is 2.27. The first-order chi connectivity index (χ1) is 14.7. The number of fused-ring (bicyclic) bond motifs is 1. The molecular weight excluding hydrogens is 376 g/mol. The maximum Gasteiger partial charge on any atom is 0.222 e. The van der Waals surface area contributed by atoms with Crippen LogP contribution in [0.25, 0.3) is 22.4 Å². The Morgan fingerprint density at radius 1 is 1.07 bits per heavy atom. The van der Waals surface area contributed by atoms with Crippen molar-refractivity contribution in [2.24, 2.45) is 0 Å². The molecule has 152 valence electrons. The van der Waals surface area contributed by atoms with Crippen LogP contribution in [0, 0.1) is 0 Å². The highest BCUT2D eigenvalue weighted by molar-refractivity contribution is 5.84. The third kappa shape index (κ3) is 4.03. The van der Waals surface area contributed by atoms with E-state index < -0.39 is 0 Å². The molecule has 1 amide bonds. The van der Waals surface area contributed by atoms with E-state index in [1.807, 2.05) is 61.5 Å². The van der Waals surface area contributed by atoms with Gasteiger partial charge in [0.05, 0.1) is 24.5 Å². The second-order valence-electron chi connectivity index (χ2n) is 7.09. The quantitative estimate of drug-likeness (QED) is 0.500. The Balaban J connectivity index is 1.53. The maximum atomic E-state index is 12.7. The van der Waals surface area contributed by atoms with Crippen molar-refractivity contribution in [1.29, 1.82) is 0 Å². The van der Waals surface area contributed by atoms with E-state index in [1.54, 1.807) is 19.5 Å². The average molecular weight is 400 g/mol. The molecule has 0 saturated heterocycles. The summed E-state index contributed by atoms with van der Waals surface area (Å²) in [5, 5.41) is 4.10. The van der Waals surface area contributed by atoms with Gasteiger partial charge in [0.1, 0.15) is 11.4 Å². The zero-order valence-corrected chi connectivity index (χ0v) is 17.1. The Morgan fingerprint density at radius 2 is 1.87 bits per heavy atom. The molecule has 0 radical (unpaired) electrons. The Labute approximate surface area is 175 Å². The Hall–Kier alpha value is -3.67. The molecule has 0 spiro atoms. The summed E-state index contributed by atoms with van der Waals surface area (Å²) < 4.78 is 7.47. The zero-order valence-electron chi connectivity index (χ0n) is 17.1. The molecule has 1 atom stereocenters. The van der Waals surface area contributed by atoms with E-state index in [1.165, 1.54) is 0 Å². The lowest BCUT2D eigenvalue weighted by Gasteiger charge is -2.17. The number of hydrogen-bond acceptors (Lipinski definition) is 4. The van der Waals surface area contributed by atoms with Crippen LogP contribution < -0.4 is 10.1 Å². The number of ether oxygens (including phenoxy) is 1. The van der Waals surface area contributed by atoms with Gasteiger partial charge in [-0.15, -0.1) is 0 Å². The number of methoxy groups -OCH3 is 1. The van der Waals surface area contributed by atoms with Crippen molar-refractivity contribution >= 4 is 16.9 Å². The van der Waals surface area contributed by atoms with Gasteiger partial charge in [-0.05, 0) is 43.3 Å². The summed E-state index contributed by atoms with van der Waals surface area (Å²) in [6.45, 7) is 2.47. The third-order valence-corrected chi connectivity index (χ3v) is 5.13.